The Balaban J connectivity index is 1.50. The molecule has 3 heterocycles. The predicted octanol–water partition coefficient (Wildman–Crippen LogP) is 3.63. The lowest BCUT2D eigenvalue weighted by Crippen LogP contribution is -2.02. The molecule has 3 aromatic heterocycles. The summed E-state index contributed by atoms with van der Waals surface area (Å²) in [6, 6.07) is 10.8. The number of halogens is 1. The standard InChI is InChI=1S/C17H14FN5S/c18-13-5-3-6-14-16(13)22-15(21-14)11-24-17-20-8-9-23(17)10-12-4-1-2-7-19-12/h1-9H,10-11H2,(H,21,22). The highest BCUT2D eigenvalue weighted by atomic mass is 32.2. The summed E-state index contributed by atoms with van der Waals surface area (Å²) in [5, 5.41) is 0.876. The summed E-state index contributed by atoms with van der Waals surface area (Å²) in [5.41, 5.74) is 2.07. The molecule has 1 N–H and O–H groups in total. The molecule has 7 heteroatoms. The average Bonchev–Trinajstić information content (AvgIpc) is 3.21. The number of thioether (sulfide) groups is 1. The summed E-state index contributed by atoms with van der Waals surface area (Å²) in [5.74, 6) is 1.01. The van der Waals surface area contributed by atoms with Gasteiger partial charge in [0.15, 0.2) is 11.0 Å². The first-order chi connectivity index (χ1) is 11.8. The summed E-state index contributed by atoms with van der Waals surface area (Å²) in [6.07, 6.45) is 5.47. The van der Waals surface area contributed by atoms with Crippen molar-refractivity contribution in [1.29, 1.82) is 0 Å². The monoisotopic (exact) mass is 339 g/mol. The van der Waals surface area contributed by atoms with Crippen LogP contribution >= 0.6 is 11.8 Å². The van der Waals surface area contributed by atoms with Gasteiger partial charge in [0.25, 0.3) is 0 Å². The van der Waals surface area contributed by atoms with Crippen LogP contribution in [-0.4, -0.2) is 24.5 Å². The van der Waals surface area contributed by atoms with Crippen LogP contribution in [-0.2, 0) is 12.3 Å². The Morgan fingerprint density at radius 3 is 2.88 bits per heavy atom. The summed E-state index contributed by atoms with van der Waals surface area (Å²) in [7, 11) is 0. The number of para-hydroxylation sites is 1. The van der Waals surface area contributed by atoms with Crippen molar-refractivity contribution in [2.24, 2.45) is 0 Å². The van der Waals surface area contributed by atoms with Crippen molar-refractivity contribution >= 4 is 22.8 Å². The van der Waals surface area contributed by atoms with E-state index in [1.807, 2.05) is 35.0 Å². The molecule has 0 bridgehead atoms. The van der Waals surface area contributed by atoms with E-state index >= 15 is 0 Å². The maximum Gasteiger partial charge on any atom is 0.168 e. The molecule has 4 aromatic rings. The van der Waals surface area contributed by atoms with Crippen LogP contribution in [0.5, 0.6) is 0 Å². The number of nitrogens with zero attached hydrogens (tertiary/aromatic N) is 4. The van der Waals surface area contributed by atoms with Gasteiger partial charge in [0.1, 0.15) is 11.3 Å². The Morgan fingerprint density at radius 2 is 2.04 bits per heavy atom. The van der Waals surface area contributed by atoms with E-state index < -0.39 is 0 Å². The fourth-order valence-corrected chi connectivity index (χ4v) is 3.30. The fourth-order valence-electron chi connectivity index (χ4n) is 2.47. The van der Waals surface area contributed by atoms with Gasteiger partial charge >= 0.3 is 0 Å². The minimum Gasteiger partial charge on any atom is -0.341 e. The van der Waals surface area contributed by atoms with Crippen LogP contribution in [0.25, 0.3) is 11.0 Å². The van der Waals surface area contributed by atoms with E-state index in [9.17, 15) is 4.39 Å². The molecule has 1 aromatic carbocycles. The number of pyridine rings is 1. The van der Waals surface area contributed by atoms with Gasteiger partial charge in [0, 0.05) is 18.6 Å². The Bertz CT molecular complexity index is 963. The SMILES string of the molecule is Fc1cccc2[nH]c(CSc3nccn3Cc3ccccn3)nc12. The normalized spacial score (nSPS) is 11.2. The van der Waals surface area contributed by atoms with Gasteiger partial charge in [-0.2, -0.15) is 0 Å². The van der Waals surface area contributed by atoms with Crippen LogP contribution in [0.4, 0.5) is 4.39 Å². The molecule has 0 atom stereocenters. The summed E-state index contributed by atoms with van der Waals surface area (Å²) in [6.45, 7) is 0.665. The summed E-state index contributed by atoms with van der Waals surface area (Å²) in [4.78, 5) is 16.2. The number of aromatic nitrogens is 5. The van der Waals surface area contributed by atoms with Crippen LogP contribution in [0.15, 0.2) is 60.1 Å². The molecule has 0 spiro atoms. The number of rotatable bonds is 5. The lowest BCUT2D eigenvalue weighted by Gasteiger charge is -2.06. The number of imidazole rings is 2. The molecular weight excluding hydrogens is 325 g/mol. The van der Waals surface area contributed by atoms with Crippen LogP contribution in [0, 0.1) is 5.82 Å². The van der Waals surface area contributed by atoms with Gasteiger partial charge in [-0.1, -0.05) is 23.9 Å². The molecule has 0 aliphatic heterocycles. The van der Waals surface area contributed by atoms with Crippen LogP contribution in [0.2, 0.25) is 0 Å². The van der Waals surface area contributed by atoms with E-state index in [0.29, 0.717) is 23.3 Å². The number of aromatic amines is 1. The molecule has 4 rings (SSSR count). The third-order valence-corrected chi connectivity index (χ3v) is 4.60. The average molecular weight is 339 g/mol. The molecule has 0 unspecified atom stereocenters. The molecule has 0 aliphatic carbocycles. The number of benzene rings is 1. The highest BCUT2D eigenvalue weighted by Gasteiger charge is 2.10. The van der Waals surface area contributed by atoms with Gasteiger partial charge in [-0.15, -0.1) is 0 Å². The number of nitrogens with one attached hydrogen (secondary N) is 1. The number of fused-ring (bicyclic) bond motifs is 1. The minimum atomic E-state index is -0.309. The highest BCUT2D eigenvalue weighted by molar-refractivity contribution is 7.98. The van der Waals surface area contributed by atoms with Crippen molar-refractivity contribution in [3.05, 3.63) is 72.3 Å². The molecule has 0 radical (unpaired) electrons. The first-order valence-electron chi connectivity index (χ1n) is 7.46. The van der Waals surface area contributed by atoms with Gasteiger partial charge in [-0.05, 0) is 24.3 Å². The number of hydrogen-bond donors (Lipinski definition) is 1. The zero-order valence-corrected chi connectivity index (χ0v) is 13.5. The second kappa shape index (κ2) is 6.45. The van der Waals surface area contributed by atoms with E-state index in [4.69, 9.17) is 0 Å². The van der Waals surface area contributed by atoms with Crippen molar-refractivity contribution < 1.29 is 4.39 Å². The van der Waals surface area contributed by atoms with Gasteiger partial charge in [-0.3, -0.25) is 4.98 Å². The van der Waals surface area contributed by atoms with Crippen molar-refractivity contribution in [2.45, 2.75) is 17.5 Å². The topological polar surface area (TPSA) is 59.4 Å². The van der Waals surface area contributed by atoms with Crippen molar-refractivity contribution in [1.82, 2.24) is 24.5 Å². The molecule has 120 valence electrons. The fraction of sp³-hybridized carbons (Fsp3) is 0.118. The van der Waals surface area contributed by atoms with E-state index in [-0.39, 0.29) is 5.82 Å². The Kier molecular flexibility index (Phi) is 4.00. The third-order valence-electron chi connectivity index (χ3n) is 3.59. The zero-order chi connectivity index (χ0) is 16.4. The Labute approximate surface area is 142 Å². The molecule has 0 amide bonds. The van der Waals surface area contributed by atoms with Crippen LogP contribution in [0.3, 0.4) is 0 Å². The molecule has 0 saturated carbocycles. The molecule has 24 heavy (non-hydrogen) atoms. The van der Waals surface area contributed by atoms with E-state index in [0.717, 1.165) is 16.7 Å². The van der Waals surface area contributed by atoms with Gasteiger partial charge in [0.2, 0.25) is 0 Å². The maximum atomic E-state index is 13.7. The first-order valence-corrected chi connectivity index (χ1v) is 8.45. The quantitative estimate of drug-likeness (QED) is 0.564. The van der Waals surface area contributed by atoms with E-state index in [1.165, 1.54) is 6.07 Å². The van der Waals surface area contributed by atoms with Crippen LogP contribution < -0.4 is 0 Å². The number of H-pyrrole nitrogens is 1. The van der Waals surface area contributed by atoms with Gasteiger partial charge < -0.3 is 9.55 Å². The minimum absolute atomic E-state index is 0.309. The maximum absolute atomic E-state index is 13.7. The highest BCUT2D eigenvalue weighted by Crippen LogP contribution is 2.23. The van der Waals surface area contributed by atoms with Gasteiger partial charge in [-0.25, -0.2) is 14.4 Å². The molecule has 5 nitrogen and oxygen atoms in total. The Morgan fingerprint density at radius 1 is 1.08 bits per heavy atom. The molecule has 0 aliphatic rings. The van der Waals surface area contributed by atoms with Crippen molar-refractivity contribution in [2.75, 3.05) is 0 Å². The smallest absolute Gasteiger partial charge is 0.168 e. The zero-order valence-electron chi connectivity index (χ0n) is 12.7. The van der Waals surface area contributed by atoms with Crippen LogP contribution in [0.1, 0.15) is 11.5 Å². The van der Waals surface area contributed by atoms with Gasteiger partial charge in [0.05, 0.1) is 23.5 Å². The van der Waals surface area contributed by atoms with E-state index in [2.05, 4.69) is 19.9 Å². The predicted molar refractivity (Wildman–Crippen MR) is 91.2 cm³/mol. The molecular formula is C17H14FN5S. The first kappa shape index (κ1) is 14.9. The lowest BCUT2D eigenvalue weighted by molar-refractivity contribution is 0.637. The van der Waals surface area contributed by atoms with E-state index in [1.54, 1.807) is 30.2 Å². The largest absolute Gasteiger partial charge is 0.341 e. The molecule has 0 saturated heterocycles. The van der Waals surface area contributed by atoms with Crippen molar-refractivity contribution in [3.63, 3.8) is 0 Å². The third kappa shape index (κ3) is 3.03. The second-order valence-corrected chi connectivity index (χ2v) is 6.21. The second-order valence-electron chi connectivity index (χ2n) is 5.27. The Hall–Kier alpha value is -2.67. The summed E-state index contributed by atoms with van der Waals surface area (Å²) < 4.78 is 15.7. The molecule has 0 fully saturated rings. The summed E-state index contributed by atoms with van der Waals surface area (Å²) >= 11 is 1.56. The number of hydrogen-bond acceptors (Lipinski definition) is 4. The lowest BCUT2D eigenvalue weighted by atomic mass is 10.3. The van der Waals surface area contributed by atoms with Crippen molar-refractivity contribution in [3.8, 4) is 0 Å².